The summed E-state index contributed by atoms with van der Waals surface area (Å²) in [6.07, 6.45) is -10.2. The van der Waals surface area contributed by atoms with Crippen LogP contribution in [-0.4, -0.2) is 95.1 Å². The van der Waals surface area contributed by atoms with Gasteiger partial charge in [-0.05, 0) is 94.1 Å². The highest BCUT2D eigenvalue weighted by Crippen LogP contribution is 2.64. The van der Waals surface area contributed by atoms with Gasteiger partial charge in [-0.2, -0.15) is 36.9 Å². The van der Waals surface area contributed by atoms with Crippen molar-refractivity contribution in [2.24, 2.45) is 23.7 Å². The molecule has 0 aromatic heterocycles. The molecule has 6 saturated heterocycles. The Morgan fingerprint density at radius 3 is 1.70 bits per heavy atom. The van der Waals surface area contributed by atoms with Crippen molar-refractivity contribution in [3.63, 3.8) is 0 Å². The summed E-state index contributed by atoms with van der Waals surface area (Å²) in [5, 5.41) is 48.8. The van der Waals surface area contributed by atoms with Crippen molar-refractivity contribution < 1.29 is 74.7 Å². The van der Waals surface area contributed by atoms with Crippen LogP contribution in [0.3, 0.4) is 0 Å². The first-order valence-electron chi connectivity index (χ1n) is 21.9. The Balaban J connectivity index is 0.000000203. The van der Waals surface area contributed by atoms with Crippen LogP contribution in [-0.2, 0) is 45.4 Å². The summed E-state index contributed by atoms with van der Waals surface area (Å²) in [5.41, 5.74) is -9.14. The highest BCUT2D eigenvalue weighted by Gasteiger charge is 2.78. The van der Waals surface area contributed by atoms with Crippen molar-refractivity contribution in [2.75, 3.05) is 23.0 Å². The standard InChI is InChI=1S/C26H33F3N2O5Si.C20H19F3N2O5/c1-23(2,3)37(5,6)35-11-7-10-25-13-18(32)24(4,36-25)19-20(25)22(34)31(21(19)33)16-9-8-15(14-30)17(12-16)26(27,28)29;1-18-8-13(27)19(30-18,5-2-6-26)15-14(18)16(28)25(17(15)29)11-4-3-10(9-24)12(7-11)20(21,22)23/h8-9,12,18-20,32H,7,10-11,13H2,1-6H3;3-4,7,13-15,26-27H,2,5-6,8H2,1H3/t18-,19-,20?,24-,25+;13-,14+,15?,18+,19-/m10/s1. The Morgan fingerprint density at radius 2 is 1.22 bits per heavy atom. The van der Waals surface area contributed by atoms with Gasteiger partial charge in [0.15, 0.2) is 8.32 Å². The summed E-state index contributed by atoms with van der Waals surface area (Å²) in [5.74, 6) is -6.73. The summed E-state index contributed by atoms with van der Waals surface area (Å²) >= 11 is 0. The molecule has 2 aromatic rings. The number of aliphatic hydroxyl groups is 3. The van der Waals surface area contributed by atoms with E-state index >= 15 is 0 Å². The molecular formula is C46H52F6N4O10Si. The van der Waals surface area contributed by atoms with Gasteiger partial charge in [-0.25, -0.2) is 9.80 Å². The van der Waals surface area contributed by atoms with Crippen LogP contribution in [0.1, 0.15) is 95.4 Å². The zero-order valence-electron chi connectivity index (χ0n) is 37.8. The predicted octanol–water partition coefficient (Wildman–Crippen LogP) is 6.52. The van der Waals surface area contributed by atoms with Crippen molar-refractivity contribution in [3.05, 3.63) is 58.7 Å². The van der Waals surface area contributed by atoms with Crippen LogP contribution in [0.2, 0.25) is 18.1 Å². The second-order valence-electron chi connectivity index (χ2n) is 20.3. The second kappa shape index (κ2) is 16.5. The number of imide groups is 2. The Labute approximate surface area is 383 Å². The summed E-state index contributed by atoms with van der Waals surface area (Å²) < 4.78 is 99.3. The van der Waals surface area contributed by atoms with Crippen LogP contribution < -0.4 is 9.80 Å². The molecule has 2 aromatic carbocycles. The van der Waals surface area contributed by atoms with Crippen molar-refractivity contribution in [1.82, 2.24) is 0 Å². The number of hydrogen-bond donors (Lipinski definition) is 3. The van der Waals surface area contributed by atoms with Gasteiger partial charge in [0.2, 0.25) is 23.6 Å². The largest absolute Gasteiger partial charge is 0.417 e. The number of nitriles is 2. The van der Waals surface area contributed by atoms with Crippen molar-refractivity contribution >= 4 is 43.3 Å². The van der Waals surface area contributed by atoms with Crippen LogP contribution in [0, 0.1) is 46.3 Å². The number of benzene rings is 2. The molecule has 2 unspecified atom stereocenters. The smallest absolute Gasteiger partial charge is 0.417 e. The Bertz CT molecular complexity index is 2480. The van der Waals surface area contributed by atoms with E-state index in [1.54, 1.807) is 13.8 Å². The van der Waals surface area contributed by atoms with Crippen LogP contribution in [0.4, 0.5) is 37.7 Å². The molecule has 8 rings (SSSR count). The molecule has 0 radical (unpaired) electrons. The lowest BCUT2D eigenvalue weighted by atomic mass is 9.65. The lowest BCUT2D eigenvalue weighted by molar-refractivity contribution is -0.139. The minimum absolute atomic E-state index is 0.0209. The van der Waals surface area contributed by atoms with Crippen molar-refractivity contribution in [2.45, 2.75) is 138 Å². The number of amides is 4. The number of carbonyl (C=O) groups is 4. The van der Waals surface area contributed by atoms with Gasteiger partial charge in [0, 0.05) is 26.1 Å². The molecule has 4 bridgehead atoms. The van der Waals surface area contributed by atoms with E-state index in [1.165, 1.54) is 18.2 Å². The van der Waals surface area contributed by atoms with Crippen LogP contribution in [0.5, 0.6) is 0 Å². The molecule has 67 heavy (non-hydrogen) atoms. The third-order valence-corrected chi connectivity index (χ3v) is 19.8. The first kappa shape index (κ1) is 50.1. The maximum atomic E-state index is 13.7. The molecule has 6 aliphatic rings. The van der Waals surface area contributed by atoms with E-state index in [-0.39, 0.29) is 48.7 Å². The molecule has 6 fully saturated rings. The monoisotopic (exact) mass is 962 g/mol. The van der Waals surface area contributed by atoms with E-state index in [9.17, 15) is 60.8 Å². The third-order valence-electron chi connectivity index (χ3n) is 15.3. The fraction of sp³-hybridized carbons (Fsp3) is 0.609. The number of nitrogens with zero attached hydrogens (tertiary/aromatic N) is 4. The summed E-state index contributed by atoms with van der Waals surface area (Å²) in [6, 6.07) is 8.44. The molecule has 6 aliphatic heterocycles. The Kier molecular flexibility index (Phi) is 12.3. The highest BCUT2D eigenvalue weighted by atomic mass is 28.4. The Hall–Kier alpha value is -4.74. The zero-order chi connectivity index (χ0) is 49.8. The van der Waals surface area contributed by atoms with E-state index in [2.05, 4.69) is 33.9 Å². The molecule has 21 heteroatoms. The molecule has 0 saturated carbocycles. The summed E-state index contributed by atoms with van der Waals surface area (Å²) in [4.78, 5) is 55.1. The predicted molar refractivity (Wildman–Crippen MR) is 226 cm³/mol. The lowest BCUT2D eigenvalue weighted by Gasteiger charge is -2.37. The molecular weight excluding hydrogens is 911 g/mol. The molecule has 10 atom stereocenters. The minimum atomic E-state index is -4.84. The van der Waals surface area contributed by atoms with Crippen LogP contribution >= 0.6 is 0 Å². The average Bonchev–Trinajstić information content (AvgIpc) is 3.99. The molecule has 0 spiro atoms. The normalized spacial score (nSPS) is 33.2. The van der Waals surface area contributed by atoms with Gasteiger partial charge in [-0.15, -0.1) is 0 Å². The number of halogens is 6. The van der Waals surface area contributed by atoms with Crippen LogP contribution in [0.15, 0.2) is 36.4 Å². The fourth-order valence-electron chi connectivity index (χ4n) is 11.1. The third kappa shape index (κ3) is 7.78. The van der Waals surface area contributed by atoms with Gasteiger partial charge in [0.05, 0.1) is 92.8 Å². The molecule has 14 nitrogen and oxygen atoms in total. The topological polar surface area (TPSA) is 211 Å². The fourth-order valence-corrected chi connectivity index (χ4v) is 12.2. The number of anilines is 2. The molecule has 6 heterocycles. The maximum absolute atomic E-state index is 13.7. The quantitative estimate of drug-likeness (QED) is 0.101. The molecule has 0 aliphatic carbocycles. The number of hydrogen-bond acceptors (Lipinski definition) is 12. The number of ether oxygens (including phenoxy) is 2. The molecule has 3 N–H and O–H groups in total. The van der Waals surface area contributed by atoms with Crippen molar-refractivity contribution in [1.29, 1.82) is 10.5 Å². The SMILES string of the molecule is CC(C)(C)[Si](C)(C)OCCC[C@@]12C[C@@H](O)[C@@](C)(O1)[C@H]1C(=O)N(c3ccc(C#N)c(C(F)(F)F)c3)C(=O)C12.C[C@]12C[C@H](O)[C@](CCCO)(O1)C1C(=O)N(c3ccc(C#N)c(C(F)(F)F)c3)C(=O)[C@@H]12. The number of rotatable bonds is 10. The van der Waals surface area contributed by atoms with E-state index in [4.69, 9.17) is 24.4 Å². The zero-order valence-corrected chi connectivity index (χ0v) is 38.8. The van der Waals surface area contributed by atoms with Gasteiger partial charge < -0.3 is 29.2 Å². The average molecular weight is 963 g/mol. The van der Waals surface area contributed by atoms with Gasteiger partial charge in [-0.3, -0.25) is 19.2 Å². The molecule has 362 valence electrons. The van der Waals surface area contributed by atoms with Crippen molar-refractivity contribution in [3.8, 4) is 12.1 Å². The highest BCUT2D eigenvalue weighted by molar-refractivity contribution is 6.74. The summed E-state index contributed by atoms with van der Waals surface area (Å²) in [7, 11) is -2.00. The van der Waals surface area contributed by atoms with Gasteiger partial charge in [-0.1, -0.05) is 20.8 Å². The Morgan fingerprint density at radius 1 is 0.731 bits per heavy atom. The maximum Gasteiger partial charge on any atom is 0.417 e. The number of fused-ring (bicyclic) bond motifs is 10. The van der Waals surface area contributed by atoms with Crippen LogP contribution in [0.25, 0.3) is 0 Å². The number of aliphatic hydroxyl groups excluding tert-OH is 3. The van der Waals surface area contributed by atoms with Gasteiger partial charge >= 0.3 is 12.4 Å². The molecule has 4 amide bonds. The first-order chi connectivity index (χ1) is 30.9. The number of alkyl halides is 6. The number of carbonyl (C=O) groups excluding carboxylic acids is 4. The minimum Gasteiger partial charge on any atom is -0.417 e. The van der Waals surface area contributed by atoms with E-state index < -0.39 is 125 Å². The second-order valence-corrected chi connectivity index (χ2v) is 25.1. The van der Waals surface area contributed by atoms with E-state index in [0.717, 1.165) is 23.1 Å². The lowest BCUT2D eigenvalue weighted by Crippen LogP contribution is -2.51. The van der Waals surface area contributed by atoms with Gasteiger partial charge in [0.1, 0.15) is 11.2 Å². The first-order valence-corrected chi connectivity index (χ1v) is 24.8. The van der Waals surface area contributed by atoms with E-state index in [0.29, 0.717) is 36.5 Å². The van der Waals surface area contributed by atoms with Gasteiger partial charge in [0.25, 0.3) is 0 Å². The van der Waals surface area contributed by atoms with E-state index in [1.807, 2.05) is 0 Å². The summed E-state index contributed by atoms with van der Waals surface area (Å²) in [6.45, 7) is 14.1.